The number of Topliss-reactive ketones (excluding diaryl/α,β-unsaturated/α-hetero) is 3. The van der Waals surface area contributed by atoms with Crippen LogP contribution in [0.15, 0.2) is 97.1 Å². The van der Waals surface area contributed by atoms with Gasteiger partial charge in [0.2, 0.25) is 0 Å². The number of rotatable bonds is 4. The highest BCUT2D eigenvalue weighted by atomic mass is 35.5. The normalized spacial score (nSPS) is 21.3. The number of para-hydroxylation sites is 1. The molecule has 0 amide bonds. The van der Waals surface area contributed by atoms with E-state index < -0.39 is 45.7 Å². The van der Waals surface area contributed by atoms with Crippen LogP contribution in [0, 0.1) is 15.5 Å². The maximum Gasteiger partial charge on any atom is 0.270 e. The Bertz CT molecular complexity index is 1870. The SMILES string of the molecule is O=C(c1cccc([N+](=O)[O-])c1)[C@@H]1[C@@H](c2ccc(Cl)cc2Cl)C2(C(=O)c3ccccc3C2=O)[C@@H]2C=Cc3ccccc3N12. The van der Waals surface area contributed by atoms with Crippen LogP contribution in [0.25, 0.3) is 6.08 Å². The third-order valence-corrected chi connectivity index (χ3v) is 9.18. The van der Waals surface area contributed by atoms with Crippen molar-refractivity contribution >= 4 is 58.0 Å². The van der Waals surface area contributed by atoms with Crippen molar-refractivity contribution in [3.8, 4) is 0 Å². The van der Waals surface area contributed by atoms with E-state index in [1.807, 2.05) is 41.3 Å². The fourth-order valence-electron chi connectivity index (χ4n) is 6.96. The van der Waals surface area contributed by atoms with Gasteiger partial charge in [-0.2, -0.15) is 0 Å². The molecule has 4 aromatic carbocycles. The highest BCUT2D eigenvalue weighted by molar-refractivity contribution is 6.36. The summed E-state index contributed by atoms with van der Waals surface area (Å²) in [5.74, 6) is -2.32. The first-order chi connectivity index (χ1) is 20.2. The van der Waals surface area contributed by atoms with Crippen molar-refractivity contribution in [2.75, 3.05) is 4.90 Å². The second kappa shape index (κ2) is 9.48. The minimum atomic E-state index is -1.74. The topological polar surface area (TPSA) is 97.6 Å². The third kappa shape index (κ3) is 3.50. The summed E-state index contributed by atoms with van der Waals surface area (Å²) in [5, 5.41) is 12.2. The van der Waals surface area contributed by atoms with E-state index in [4.69, 9.17) is 23.2 Å². The van der Waals surface area contributed by atoms with E-state index in [1.54, 1.807) is 36.4 Å². The molecule has 42 heavy (non-hydrogen) atoms. The Morgan fingerprint density at radius 2 is 1.55 bits per heavy atom. The van der Waals surface area contributed by atoms with Gasteiger partial charge < -0.3 is 4.90 Å². The lowest BCUT2D eigenvalue weighted by Gasteiger charge is -2.37. The van der Waals surface area contributed by atoms with Gasteiger partial charge in [0.1, 0.15) is 11.5 Å². The zero-order valence-electron chi connectivity index (χ0n) is 21.7. The highest BCUT2D eigenvalue weighted by Gasteiger charge is 2.71. The second-order valence-electron chi connectivity index (χ2n) is 10.6. The molecule has 0 bridgehead atoms. The van der Waals surface area contributed by atoms with Gasteiger partial charge in [-0.05, 0) is 29.3 Å². The van der Waals surface area contributed by atoms with Crippen LogP contribution in [0.3, 0.4) is 0 Å². The van der Waals surface area contributed by atoms with Gasteiger partial charge in [-0.1, -0.05) is 96.0 Å². The summed E-state index contributed by atoms with van der Waals surface area (Å²) in [6.45, 7) is 0. The van der Waals surface area contributed by atoms with Crippen LogP contribution in [0.4, 0.5) is 11.4 Å². The number of hydrogen-bond donors (Lipinski definition) is 0. The Balaban J connectivity index is 1.56. The van der Waals surface area contributed by atoms with Crippen molar-refractivity contribution in [2.24, 2.45) is 5.41 Å². The van der Waals surface area contributed by atoms with Gasteiger partial charge in [0.15, 0.2) is 17.3 Å². The van der Waals surface area contributed by atoms with Crippen molar-refractivity contribution in [3.05, 3.63) is 145 Å². The highest BCUT2D eigenvalue weighted by Crippen LogP contribution is 2.61. The molecule has 3 atom stereocenters. The van der Waals surface area contributed by atoms with Gasteiger partial charge in [-0.25, -0.2) is 0 Å². The lowest BCUT2D eigenvalue weighted by atomic mass is 9.64. The number of non-ortho nitro benzene ring substituents is 1. The lowest BCUT2D eigenvalue weighted by Crippen LogP contribution is -2.48. The number of ketones is 3. The van der Waals surface area contributed by atoms with Crippen LogP contribution in [-0.4, -0.2) is 34.4 Å². The van der Waals surface area contributed by atoms with Crippen molar-refractivity contribution in [2.45, 2.75) is 18.0 Å². The van der Waals surface area contributed by atoms with Crippen LogP contribution >= 0.6 is 23.2 Å². The fourth-order valence-corrected chi connectivity index (χ4v) is 7.48. The monoisotopic (exact) mass is 594 g/mol. The third-order valence-electron chi connectivity index (χ3n) is 8.62. The summed E-state index contributed by atoms with van der Waals surface area (Å²) in [4.78, 5) is 56.9. The predicted octanol–water partition coefficient (Wildman–Crippen LogP) is 7.22. The van der Waals surface area contributed by atoms with Crippen molar-refractivity contribution in [1.29, 1.82) is 0 Å². The molecule has 4 aromatic rings. The van der Waals surface area contributed by atoms with Gasteiger partial charge in [0.05, 0.1) is 11.0 Å². The van der Waals surface area contributed by atoms with E-state index >= 15 is 0 Å². The molecule has 1 spiro atoms. The number of fused-ring (bicyclic) bond motifs is 5. The molecule has 206 valence electrons. The molecule has 1 fully saturated rings. The summed E-state index contributed by atoms with van der Waals surface area (Å²) in [7, 11) is 0. The van der Waals surface area contributed by atoms with Crippen LogP contribution < -0.4 is 4.90 Å². The Morgan fingerprint density at radius 3 is 2.24 bits per heavy atom. The molecule has 7 rings (SSSR count). The number of nitro benzene ring substituents is 1. The van der Waals surface area contributed by atoms with Gasteiger partial charge in [-0.3, -0.25) is 24.5 Å². The van der Waals surface area contributed by atoms with Crippen LogP contribution in [-0.2, 0) is 0 Å². The maximum atomic E-state index is 14.7. The standard InChI is InChI=1S/C33H20Cl2N2O5/c34-20-13-14-24(25(35)17-20)28-29(30(38)19-7-5-8-21(16-19)37(41)42)36-26-11-4-1-6-18(26)12-15-27(36)33(28)31(39)22-9-2-3-10-23(22)32(33)40/h1-17,27-29H/t27-,28+,29-/m0/s1. The van der Waals surface area contributed by atoms with Crippen molar-refractivity contribution < 1.29 is 19.3 Å². The van der Waals surface area contributed by atoms with E-state index in [0.717, 1.165) is 5.56 Å². The Morgan fingerprint density at radius 1 is 0.857 bits per heavy atom. The van der Waals surface area contributed by atoms with Crippen LogP contribution in [0.1, 0.15) is 48.1 Å². The number of halogens is 2. The zero-order chi connectivity index (χ0) is 29.3. The van der Waals surface area contributed by atoms with Gasteiger partial charge in [0, 0.05) is 50.5 Å². The predicted molar refractivity (Wildman–Crippen MR) is 160 cm³/mol. The van der Waals surface area contributed by atoms with Gasteiger partial charge in [0.25, 0.3) is 5.69 Å². The number of carbonyl (C=O) groups excluding carboxylic acids is 3. The number of hydrogen-bond acceptors (Lipinski definition) is 6. The van der Waals surface area contributed by atoms with E-state index in [-0.39, 0.29) is 27.4 Å². The number of anilines is 1. The first-order valence-corrected chi connectivity index (χ1v) is 14.0. The summed E-state index contributed by atoms with van der Waals surface area (Å²) in [6.07, 6.45) is 3.67. The Kier molecular flexibility index (Phi) is 5.94. The smallest absolute Gasteiger partial charge is 0.270 e. The number of nitro groups is 1. The molecule has 2 aliphatic heterocycles. The summed E-state index contributed by atoms with van der Waals surface area (Å²) >= 11 is 13.1. The molecule has 7 nitrogen and oxygen atoms in total. The summed E-state index contributed by atoms with van der Waals surface area (Å²) in [6, 6.07) is 22.4. The van der Waals surface area contributed by atoms with Crippen molar-refractivity contribution in [3.63, 3.8) is 0 Å². The molecule has 3 aliphatic rings. The Hall–Kier alpha value is -4.59. The molecule has 1 saturated heterocycles. The number of benzene rings is 4. The minimum absolute atomic E-state index is 0.0857. The average Bonchev–Trinajstić information content (AvgIpc) is 3.43. The molecule has 1 aliphatic carbocycles. The van der Waals surface area contributed by atoms with E-state index in [2.05, 4.69) is 0 Å². The van der Waals surface area contributed by atoms with E-state index in [0.29, 0.717) is 16.3 Å². The molecular formula is C33H20Cl2N2O5. The first kappa shape index (κ1) is 26.3. The fraction of sp³-hybridized carbons (Fsp3) is 0.121. The average molecular weight is 595 g/mol. The molecule has 0 unspecified atom stereocenters. The van der Waals surface area contributed by atoms with Crippen LogP contribution in [0.5, 0.6) is 0 Å². The zero-order valence-corrected chi connectivity index (χ0v) is 23.3. The molecule has 0 radical (unpaired) electrons. The second-order valence-corrected chi connectivity index (χ2v) is 11.4. The Labute approximate surface area is 250 Å². The molecule has 0 aromatic heterocycles. The first-order valence-electron chi connectivity index (χ1n) is 13.2. The molecule has 0 N–H and O–H groups in total. The quantitative estimate of drug-likeness (QED) is 0.107. The maximum absolute atomic E-state index is 14.7. The van der Waals surface area contributed by atoms with E-state index in [9.17, 15) is 24.5 Å². The number of nitrogens with zero attached hydrogens (tertiary/aromatic N) is 2. The molecular weight excluding hydrogens is 575 g/mol. The molecule has 2 heterocycles. The minimum Gasteiger partial charge on any atom is -0.352 e. The number of carbonyl (C=O) groups is 3. The molecule has 0 saturated carbocycles. The summed E-state index contributed by atoms with van der Waals surface area (Å²) in [5.41, 5.74) is 0.553. The lowest BCUT2D eigenvalue weighted by molar-refractivity contribution is -0.384. The van der Waals surface area contributed by atoms with Crippen LogP contribution in [0.2, 0.25) is 10.0 Å². The van der Waals surface area contributed by atoms with Gasteiger partial charge in [-0.15, -0.1) is 0 Å². The van der Waals surface area contributed by atoms with Gasteiger partial charge >= 0.3 is 0 Å². The molecule has 9 heteroatoms. The van der Waals surface area contributed by atoms with Crippen molar-refractivity contribution in [1.82, 2.24) is 0 Å². The van der Waals surface area contributed by atoms with E-state index in [1.165, 1.54) is 30.3 Å². The largest absolute Gasteiger partial charge is 0.352 e. The summed E-state index contributed by atoms with van der Waals surface area (Å²) < 4.78 is 0.